The summed E-state index contributed by atoms with van der Waals surface area (Å²) in [4.78, 5) is 0. The van der Waals surface area contributed by atoms with Gasteiger partial charge >= 0.3 is 0 Å². The van der Waals surface area contributed by atoms with Gasteiger partial charge in [-0.1, -0.05) is 30.3 Å². The Hall–Kier alpha value is -2.00. The van der Waals surface area contributed by atoms with Gasteiger partial charge in [0.2, 0.25) is 0 Å². The molecule has 3 heteroatoms. The Morgan fingerprint density at radius 3 is 2.48 bits per heavy atom. The SMILES string of the molecule is Cc1c(C)c2c(c(C)c1OCc1ccccc1)CCC(C)(CCO)O2. The number of hydrogen-bond donors (Lipinski definition) is 1. The fraction of sp³-hybridized carbons (Fsp3) is 0.455. The number of benzene rings is 2. The molecule has 2 aromatic carbocycles. The zero-order valence-corrected chi connectivity index (χ0v) is 15.7. The van der Waals surface area contributed by atoms with Gasteiger partial charge in [-0.2, -0.15) is 0 Å². The maximum absolute atomic E-state index is 9.33. The topological polar surface area (TPSA) is 38.7 Å². The molecule has 1 aliphatic heterocycles. The molecular weight excluding hydrogens is 312 g/mol. The number of aliphatic hydroxyl groups excluding tert-OH is 1. The van der Waals surface area contributed by atoms with E-state index in [-0.39, 0.29) is 12.2 Å². The van der Waals surface area contributed by atoms with Crippen LogP contribution >= 0.6 is 0 Å². The maximum atomic E-state index is 9.33. The van der Waals surface area contributed by atoms with E-state index in [0.717, 1.165) is 35.5 Å². The Morgan fingerprint density at radius 1 is 1.08 bits per heavy atom. The fourth-order valence-corrected chi connectivity index (χ4v) is 3.64. The van der Waals surface area contributed by atoms with Crippen LogP contribution in [0.3, 0.4) is 0 Å². The molecule has 25 heavy (non-hydrogen) atoms. The minimum Gasteiger partial charge on any atom is -0.488 e. The van der Waals surface area contributed by atoms with Crippen LogP contribution in [-0.4, -0.2) is 17.3 Å². The fourth-order valence-electron chi connectivity index (χ4n) is 3.64. The quantitative estimate of drug-likeness (QED) is 0.860. The largest absolute Gasteiger partial charge is 0.488 e. The third-order valence-corrected chi connectivity index (χ3v) is 5.43. The van der Waals surface area contributed by atoms with Gasteiger partial charge in [-0.3, -0.25) is 0 Å². The van der Waals surface area contributed by atoms with Crippen molar-refractivity contribution in [1.29, 1.82) is 0 Å². The lowest BCUT2D eigenvalue weighted by atomic mass is 9.86. The Labute approximate surface area is 150 Å². The van der Waals surface area contributed by atoms with Crippen molar-refractivity contribution in [2.75, 3.05) is 6.61 Å². The van der Waals surface area contributed by atoms with Gasteiger partial charge in [-0.05, 0) is 62.8 Å². The molecule has 0 radical (unpaired) electrons. The Kier molecular flexibility index (Phi) is 5.05. The van der Waals surface area contributed by atoms with Gasteiger partial charge < -0.3 is 14.6 Å². The summed E-state index contributed by atoms with van der Waals surface area (Å²) in [5.74, 6) is 1.97. The van der Waals surface area contributed by atoms with Crippen LogP contribution in [-0.2, 0) is 13.0 Å². The first-order valence-electron chi connectivity index (χ1n) is 9.04. The summed E-state index contributed by atoms with van der Waals surface area (Å²) in [6, 6.07) is 10.3. The molecule has 0 spiro atoms. The lowest BCUT2D eigenvalue weighted by molar-refractivity contribution is 0.0377. The monoisotopic (exact) mass is 340 g/mol. The van der Waals surface area contributed by atoms with Crippen LogP contribution in [0.4, 0.5) is 0 Å². The average molecular weight is 340 g/mol. The molecule has 1 N–H and O–H groups in total. The number of aliphatic hydroxyl groups is 1. The van der Waals surface area contributed by atoms with Gasteiger partial charge in [0.15, 0.2) is 0 Å². The Morgan fingerprint density at radius 2 is 1.80 bits per heavy atom. The second-order valence-corrected chi connectivity index (χ2v) is 7.31. The average Bonchev–Trinajstić information content (AvgIpc) is 2.60. The number of rotatable bonds is 5. The van der Waals surface area contributed by atoms with E-state index in [4.69, 9.17) is 9.47 Å². The normalized spacial score (nSPS) is 19.2. The summed E-state index contributed by atoms with van der Waals surface area (Å²) in [7, 11) is 0. The first kappa shape index (κ1) is 17.8. The predicted octanol–water partition coefficient (Wildman–Crippen LogP) is 4.66. The van der Waals surface area contributed by atoms with Crippen LogP contribution in [0.5, 0.6) is 11.5 Å². The molecule has 2 aromatic rings. The van der Waals surface area contributed by atoms with Crippen LogP contribution in [0.15, 0.2) is 30.3 Å². The van der Waals surface area contributed by atoms with Gasteiger partial charge in [0.1, 0.15) is 23.7 Å². The lowest BCUT2D eigenvalue weighted by Crippen LogP contribution is -2.38. The zero-order chi connectivity index (χ0) is 18.0. The molecule has 0 aromatic heterocycles. The number of ether oxygens (including phenoxy) is 2. The highest BCUT2D eigenvalue weighted by Gasteiger charge is 2.34. The van der Waals surface area contributed by atoms with E-state index in [1.807, 2.05) is 18.2 Å². The zero-order valence-electron chi connectivity index (χ0n) is 15.7. The minimum atomic E-state index is -0.280. The lowest BCUT2D eigenvalue weighted by Gasteiger charge is -2.38. The summed E-state index contributed by atoms with van der Waals surface area (Å²) in [6.07, 6.45) is 2.54. The minimum absolute atomic E-state index is 0.154. The van der Waals surface area contributed by atoms with E-state index >= 15 is 0 Å². The predicted molar refractivity (Wildman–Crippen MR) is 100 cm³/mol. The number of fused-ring (bicyclic) bond motifs is 1. The molecule has 0 amide bonds. The first-order chi connectivity index (χ1) is 11.9. The summed E-state index contributed by atoms with van der Waals surface area (Å²) in [5.41, 5.74) is 5.61. The van der Waals surface area contributed by atoms with E-state index in [1.54, 1.807) is 0 Å². The Balaban J connectivity index is 1.91. The van der Waals surface area contributed by atoms with Crippen LogP contribution in [0, 0.1) is 20.8 Å². The van der Waals surface area contributed by atoms with Crippen molar-refractivity contribution in [3.8, 4) is 11.5 Å². The molecule has 0 fully saturated rings. The van der Waals surface area contributed by atoms with Crippen molar-refractivity contribution in [2.24, 2.45) is 0 Å². The summed E-state index contributed by atoms with van der Waals surface area (Å²) < 4.78 is 12.6. The molecule has 3 nitrogen and oxygen atoms in total. The van der Waals surface area contributed by atoms with E-state index in [0.29, 0.717) is 13.0 Å². The molecule has 0 bridgehead atoms. The Bertz CT molecular complexity index is 752. The van der Waals surface area contributed by atoms with Gasteiger partial charge in [0.25, 0.3) is 0 Å². The van der Waals surface area contributed by atoms with Crippen LogP contribution in [0.1, 0.15) is 47.6 Å². The molecule has 1 unspecified atom stereocenters. The van der Waals surface area contributed by atoms with Crippen LogP contribution in [0.2, 0.25) is 0 Å². The smallest absolute Gasteiger partial charge is 0.127 e. The van der Waals surface area contributed by atoms with Gasteiger partial charge in [0.05, 0.1) is 0 Å². The molecule has 3 rings (SSSR count). The third kappa shape index (κ3) is 3.52. The highest BCUT2D eigenvalue weighted by Crippen LogP contribution is 2.44. The first-order valence-corrected chi connectivity index (χ1v) is 9.04. The van der Waals surface area contributed by atoms with Crippen molar-refractivity contribution in [3.63, 3.8) is 0 Å². The molecule has 0 saturated carbocycles. The van der Waals surface area contributed by atoms with Gasteiger partial charge in [0, 0.05) is 18.6 Å². The molecular formula is C22H28O3. The molecule has 134 valence electrons. The van der Waals surface area contributed by atoms with E-state index < -0.39 is 0 Å². The molecule has 0 saturated heterocycles. The van der Waals surface area contributed by atoms with E-state index in [9.17, 15) is 5.11 Å². The van der Waals surface area contributed by atoms with Gasteiger partial charge in [-0.25, -0.2) is 0 Å². The summed E-state index contributed by atoms with van der Waals surface area (Å²) in [6.45, 7) is 9.16. The molecule has 0 aliphatic carbocycles. The van der Waals surface area contributed by atoms with Crippen molar-refractivity contribution >= 4 is 0 Å². The van der Waals surface area contributed by atoms with Crippen molar-refractivity contribution < 1.29 is 14.6 Å². The summed E-state index contributed by atoms with van der Waals surface area (Å²) >= 11 is 0. The van der Waals surface area contributed by atoms with E-state index in [2.05, 4.69) is 39.8 Å². The number of hydrogen-bond acceptors (Lipinski definition) is 3. The highest BCUT2D eigenvalue weighted by molar-refractivity contribution is 5.59. The second kappa shape index (κ2) is 7.09. The maximum Gasteiger partial charge on any atom is 0.127 e. The van der Waals surface area contributed by atoms with Crippen molar-refractivity contribution in [2.45, 2.75) is 59.2 Å². The molecule has 1 aliphatic rings. The highest BCUT2D eigenvalue weighted by atomic mass is 16.5. The van der Waals surface area contributed by atoms with Crippen LogP contribution in [0.25, 0.3) is 0 Å². The summed E-state index contributed by atoms with van der Waals surface area (Å²) in [5, 5.41) is 9.33. The third-order valence-electron chi connectivity index (χ3n) is 5.43. The van der Waals surface area contributed by atoms with Gasteiger partial charge in [-0.15, -0.1) is 0 Å². The molecule has 1 heterocycles. The second-order valence-electron chi connectivity index (χ2n) is 7.31. The van der Waals surface area contributed by atoms with Crippen LogP contribution < -0.4 is 9.47 Å². The van der Waals surface area contributed by atoms with Crippen molar-refractivity contribution in [1.82, 2.24) is 0 Å². The van der Waals surface area contributed by atoms with Crippen molar-refractivity contribution in [3.05, 3.63) is 58.1 Å². The molecule has 1 atom stereocenters. The standard InChI is InChI=1S/C22H28O3/c1-15-16(2)21-19(10-11-22(4,25-21)12-13-23)17(3)20(15)24-14-18-8-6-5-7-9-18/h5-9,23H,10-14H2,1-4H3. The van der Waals surface area contributed by atoms with E-state index in [1.165, 1.54) is 16.7 Å².